The van der Waals surface area contributed by atoms with Gasteiger partial charge in [0.2, 0.25) is 0 Å². The van der Waals surface area contributed by atoms with E-state index >= 15 is 0 Å². The zero-order valence-electron chi connectivity index (χ0n) is 14.2. The molecule has 124 valence electrons. The van der Waals surface area contributed by atoms with Gasteiger partial charge < -0.3 is 15.0 Å². The van der Waals surface area contributed by atoms with Crippen LogP contribution in [0, 0.1) is 0 Å². The zero-order valence-corrected chi connectivity index (χ0v) is 15.0. The standard InChI is InChI=1S/C17H23N3O2S/c1-6-22-16(21)14-11(2)18-17(23-5)19-15(14)12-7-9-13(10-8-12)20(3)4/h7-10,15H,6H2,1-5H3,(H,18,19)/t15-/m1/s1. The summed E-state index contributed by atoms with van der Waals surface area (Å²) >= 11 is 1.53. The van der Waals surface area contributed by atoms with Crippen LogP contribution in [-0.4, -0.2) is 38.1 Å². The molecule has 0 aromatic heterocycles. The van der Waals surface area contributed by atoms with Crippen LogP contribution in [0.3, 0.4) is 0 Å². The normalized spacial score (nSPS) is 17.4. The van der Waals surface area contributed by atoms with Crippen LogP contribution in [0.5, 0.6) is 0 Å². The molecule has 1 aliphatic rings. The Labute approximate surface area is 141 Å². The Morgan fingerprint density at radius 2 is 2.00 bits per heavy atom. The number of anilines is 1. The van der Waals surface area contributed by atoms with E-state index in [2.05, 4.69) is 10.3 Å². The minimum atomic E-state index is -0.339. The van der Waals surface area contributed by atoms with E-state index in [0.29, 0.717) is 12.2 Å². The number of allylic oxidation sites excluding steroid dienone is 1. The molecule has 0 saturated heterocycles. The number of nitrogens with zero attached hydrogens (tertiary/aromatic N) is 2. The second-order valence-electron chi connectivity index (χ2n) is 5.41. The Morgan fingerprint density at radius 3 is 2.52 bits per heavy atom. The van der Waals surface area contributed by atoms with Crippen molar-refractivity contribution >= 4 is 28.6 Å². The maximum Gasteiger partial charge on any atom is 0.338 e. The van der Waals surface area contributed by atoms with Gasteiger partial charge in [-0.05, 0) is 37.8 Å². The smallest absolute Gasteiger partial charge is 0.338 e. The minimum Gasteiger partial charge on any atom is -0.463 e. The number of rotatable bonds is 4. The van der Waals surface area contributed by atoms with Crippen LogP contribution < -0.4 is 10.2 Å². The maximum atomic E-state index is 12.4. The van der Waals surface area contributed by atoms with Gasteiger partial charge in [0.15, 0.2) is 5.17 Å². The van der Waals surface area contributed by atoms with Crippen LogP contribution in [0.4, 0.5) is 5.69 Å². The predicted octanol–water partition coefficient (Wildman–Crippen LogP) is 2.95. The summed E-state index contributed by atoms with van der Waals surface area (Å²) in [4.78, 5) is 19.1. The third kappa shape index (κ3) is 3.88. The Morgan fingerprint density at radius 1 is 1.35 bits per heavy atom. The fourth-order valence-corrected chi connectivity index (χ4v) is 2.89. The van der Waals surface area contributed by atoms with Crippen LogP contribution in [0.15, 0.2) is 40.5 Å². The van der Waals surface area contributed by atoms with Gasteiger partial charge in [-0.2, -0.15) is 0 Å². The zero-order chi connectivity index (χ0) is 17.0. The molecule has 5 nitrogen and oxygen atoms in total. The van der Waals surface area contributed by atoms with E-state index in [1.54, 1.807) is 0 Å². The van der Waals surface area contributed by atoms with Crippen molar-refractivity contribution in [2.75, 3.05) is 31.9 Å². The van der Waals surface area contributed by atoms with Gasteiger partial charge in [0.05, 0.1) is 12.2 Å². The summed E-state index contributed by atoms with van der Waals surface area (Å²) in [7, 11) is 4.00. The molecule has 1 N–H and O–H groups in total. The number of aliphatic imine (C=N–C) groups is 1. The second-order valence-corrected chi connectivity index (χ2v) is 6.21. The number of benzene rings is 1. The molecular formula is C17H23N3O2S. The van der Waals surface area contributed by atoms with Crippen LogP contribution in [0.25, 0.3) is 0 Å². The van der Waals surface area contributed by atoms with E-state index < -0.39 is 0 Å². The van der Waals surface area contributed by atoms with E-state index in [1.807, 2.05) is 63.4 Å². The molecule has 1 aliphatic heterocycles. The molecule has 2 rings (SSSR count). The molecule has 0 fully saturated rings. The molecule has 1 aromatic rings. The molecule has 0 saturated carbocycles. The lowest BCUT2D eigenvalue weighted by atomic mass is 9.96. The van der Waals surface area contributed by atoms with Gasteiger partial charge in [0, 0.05) is 25.5 Å². The Bertz CT molecular complexity index is 636. The number of thioether (sulfide) groups is 1. The summed E-state index contributed by atoms with van der Waals surface area (Å²) < 4.78 is 5.21. The van der Waals surface area contributed by atoms with Crippen LogP contribution in [-0.2, 0) is 9.53 Å². The Kier molecular flexibility index (Phi) is 5.71. The Balaban J connectivity index is 2.42. The summed E-state index contributed by atoms with van der Waals surface area (Å²) in [5.74, 6) is -0.317. The highest BCUT2D eigenvalue weighted by atomic mass is 32.2. The summed E-state index contributed by atoms with van der Waals surface area (Å²) in [5, 5.41) is 3.97. The van der Waals surface area contributed by atoms with Crippen LogP contribution in [0.2, 0.25) is 0 Å². The molecule has 0 bridgehead atoms. The van der Waals surface area contributed by atoms with Gasteiger partial charge >= 0.3 is 5.97 Å². The number of nitrogens with one attached hydrogen (secondary N) is 1. The number of ether oxygens (including phenoxy) is 1. The third-order valence-electron chi connectivity index (χ3n) is 3.63. The van der Waals surface area contributed by atoms with Crippen molar-refractivity contribution in [3.63, 3.8) is 0 Å². The van der Waals surface area contributed by atoms with Crippen LogP contribution in [0.1, 0.15) is 25.5 Å². The van der Waals surface area contributed by atoms with Crippen molar-refractivity contribution < 1.29 is 9.53 Å². The highest BCUT2D eigenvalue weighted by Gasteiger charge is 2.30. The number of hydrogen-bond donors (Lipinski definition) is 1. The second kappa shape index (κ2) is 7.55. The maximum absolute atomic E-state index is 12.4. The number of carbonyl (C=O) groups is 1. The highest BCUT2D eigenvalue weighted by molar-refractivity contribution is 8.13. The number of amidine groups is 1. The first-order valence-electron chi connectivity index (χ1n) is 7.51. The van der Waals surface area contributed by atoms with E-state index in [-0.39, 0.29) is 12.0 Å². The third-order valence-corrected chi connectivity index (χ3v) is 4.23. The molecule has 0 unspecified atom stereocenters. The summed E-state index contributed by atoms with van der Waals surface area (Å²) in [6.07, 6.45) is 1.96. The number of esters is 1. The van der Waals surface area contributed by atoms with Gasteiger partial charge in [-0.1, -0.05) is 23.9 Å². The van der Waals surface area contributed by atoms with Gasteiger partial charge in [0.1, 0.15) is 6.04 Å². The molecule has 23 heavy (non-hydrogen) atoms. The lowest BCUT2D eigenvalue weighted by Crippen LogP contribution is -2.30. The van der Waals surface area contributed by atoms with Gasteiger partial charge in [-0.3, -0.25) is 0 Å². The lowest BCUT2D eigenvalue weighted by molar-refractivity contribution is -0.138. The van der Waals surface area contributed by atoms with E-state index in [4.69, 9.17) is 4.74 Å². The first-order valence-corrected chi connectivity index (χ1v) is 8.74. The van der Waals surface area contributed by atoms with Crippen molar-refractivity contribution in [2.45, 2.75) is 19.9 Å². The van der Waals surface area contributed by atoms with Crippen molar-refractivity contribution in [1.82, 2.24) is 5.32 Å². The minimum absolute atomic E-state index is 0.317. The van der Waals surface area contributed by atoms with Gasteiger partial charge in [-0.15, -0.1) is 0 Å². The predicted molar refractivity (Wildman–Crippen MR) is 96.9 cm³/mol. The molecule has 0 radical (unpaired) electrons. The molecule has 6 heteroatoms. The molecule has 0 spiro atoms. The molecule has 0 amide bonds. The molecule has 1 atom stereocenters. The molecular weight excluding hydrogens is 310 g/mol. The monoisotopic (exact) mass is 333 g/mol. The molecule has 1 aromatic carbocycles. The lowest BCUT2D eigenvalue weighted by Gasteiger charge is -2.25. The summed E-state index contributed by atoms with van der Waals surface area (Å²) in [6.45, 7) is 4.04. The van der Waals surface area contributed by atoms with Crippen molar-refractivity contribution in [2.24, 2.45) is 4.99 Å². The average Bonchev–Trinajstić information content (AvgIpc) is 2.54. The van der Waals surface area contributed by atoms with E-state index in [9.17, 15) is 4.79 Å². The van der Waals surface area contributed by atoms with Gasteiger partial charge in [-0.25, -0.2) is 9.79 Å². The molecule has 1 heterocycles. The first kappa shape index (κ1) is 17.4. The quantitative estimate of drug-likeness (QED) is 0.859. The van der Waals surface area contributed by atoms with Crippen molar-refractivity contribution in [3.05, 3.63) is 41.1 Å². The highest BCUT2D eigenvalue weighted by Crippen LogP contribution is 2.33. The van der Waals surface area contributed by atoms with Crippen molar-refractivity contribution in [3.8, 4) is 0 Å². The van der Waals surface area contributed by atoms with E-state index in [0.717, 1.165) is 22.1 Å². The average molecular weight is 333 g/mol. The van der Waals surface area contributed by atoms with Gasteiger partial charge in [0.25, 0.3) is 0 Å². The Hall–Kier alpha value is -1.95. The van der Waals surface area contributed by atoms with Crippen molar-refractivity contribution in [1.29, 1.82) is 0 Å². The first-order chi connectivity index (χ1) is 11.0. The summed E-state index contributed by atoms with van der Waals surface area (Å²) in [5.41, 5.74) is 3.45. The topological polar surface area (TPSA) is 53.9 Å². The summed E-state index contributed by atoms with van der Waals surface area (Å²) in [6, 6.07) is 7.75. The number of carbonyl (C=O) groups excluding carboxylic acids is 1. The number of hydrogen-bond acceptors (Lipinski definition) is 6. The fourth-order valence-electron chi connectivity index (χ4n) is 2.42. The molecule has 0 aliphatic carbocycles. The van der Waals surface area contributed by atoms with E-state index in [1.165, 1.54) is 11.8 Å². The largest absolute Gasteiger partial charge is 0.463 e. The van der Waals surface area contributed by atoms with Crippen LogP contribution >= 0.6 is 11.8 Å². The SMILES string of the molecule is CCOC(=O)C1=C(C)NC(SC)=N[C@@H]1c1ccc(N(C)C)cc1. The fraction of sp³-hybridized carbons (Fsp3) is 0.412.